The fourth-order valence-corrected chi connectivity index (χ4v) is 2.45. The lowest BCUT2D eigenvalue weighted by atomic mass is 10.0. The van der Waals surface area contributed by atoms with Crippen molar-refractivity contribution in [1.82, 2.24) is 5.32 Å². The van der Waals surface area contributed by atoms with Crippen molar-refractivity contribution in [2.24, 2.45) is 5.73 Å². The molecule has 21 heavy (non-hydrogen) atoms. The molecule has 0 fully saturated rings. The molecule has 0 spiro atoms. The summed E-state index contributed by atoms with van der Waals surface area (Å²) in [6.45, 7) is 2.46. The van der Waals surface area contributed by atoms with Crippen molar-refractivity contribution in [2.75, 3.05) is 6.54 Å². The standard InChI is InChI=1S/C17H19ClN2O/c1-12(14-6-4-7-15(18)11-14)20-17(21)16-8-3-2-5-13(16)9-10-19/h2-8,11-12H,9-10,19H2,1H3,(H,20,21)/t12-/m1/s1. The van der Waals surface area contributed by atoms with Crippen molar-refractivity contribution in [2.45, 2.75) is 19.4 Å². The fourth-order valence-electron chi connectivity index (χ4n) is 2.25. The van der Waals surface area contributed by atoms with E-state index in [2.05, 4.69) is 5.32 Å². The molecule has 0 saturated heterocycles. The number of rotatable bonds is 5. The van der Waals surface area contributed by atoms with E-state index in [0.29, 0.717) is 23.6 Å². The average Bonchev–Trinajstić information content (AvgIpc) is 2.48. The van der Waals surface area contributed by atoms with Gasteiger partial charge in [0.25, 0.3) is 5.91 Å². The molecule has 3 nitrogen and oxygen atoms in total. The second-order valence-electron chi connectivity index (χ2n) is 4.95. The second-order valence-corrected chi connectivity index (χ2v) is 5.38. The van der Waals surface area contributed by atoms with Crippen molar-refractivity contribution >= 4 is 17.5 Å². The SMILES string of the molecule is C[C@@H](NC(=O)c1ccccc1CCN)c1cccc(Cl)c1. The first-order valence-corrected chi connectivity index (χ1v) is 7.34. The highest BCUT2D eigenvalue weighted by molar-refractivity contribution is 6.30. The van der Waals surface area contributed by atoms with Crippen molar-refractivity contribution in [3.63, 3.8) is 0 Å². The monoisotopic (exact) mass is 302 g/mol. The van der Waals surface area contributed by atoms with Gasteiger partial charge < -0.3 is 11.1 Å². The smallest absolute Gasteiger partial charge is 0.252 e. The van der Waals surface area contributed by atoms with Gasteiger partial charge in [0, 0.05) is 10.6 Å². The second kappa shape index (κ2) is 7.25. The van der Waals surface area contributed by atoms with Gasteiger partial charge in [0.2, 0.25) is 0 Å². The van der Waals surface area contributed by atoms with Crippen LogP contribution in [0.15, 0.2) is 48.5 Å². The summed E-state index contributed by atoms with van der Waals surface area (Å²) in [5.74, 6) is -0.0912. The van der Waals surface area contributed by atoms with E-state index in [1.807, 2.05) is 55.5 Å². The quantitative estimate of drug-likeness (QED) is 0.890. The Kier molecular flexibility index (Phi) is 5.37. The molecule has 0 radical (unpaired) electrons. The van der Waals surface area contributed by atoms with Crippen molar-refractivity contribution in [3.8, 4) is 0 Å². The molecular formula is C17H19ClN2O. The summed E-state index contributed by atoms with van der Waals surface area (Å²) in [5.41, 5.74) is 8.22. The summed E-state index contributed by atoms with van der Waals surface area (Å²) in [4.78, 5) is 12.4. The molecule has 0 saturated carbocycles. The minimum atomic E-state index is -0.109. The maximum absolute atomic E-state index is 12.4. The number of halogens is 1. The van der Waals surface area contributed by atoms with Gasteiger partial charge in [-0.1, -0.05) is 41.9 Å². The van der Waals surface area contributed by atoms with E-state index < -0.39 is 0 Å². The van der Waals surface area contributed by atoms with Crippen LogP contribution >= 0.6 is 11.6 Å². The zero-order valence-electron chi connectivity index (χ0n) is 12.0. The average molecular weight is 303 g/mol. The molecule has 0 aliphatic rings. The summed E-state index contributed by atoms with van der Waals surface area (Å²) in [6, 6.07) is 14.9. The molecule has 110 valence electrons. The Hall–Kier alpha value is -1.84. The van der Waals surface area contributed by atoms with E-state index in [1.165, 1.54) is 0 Å². The molecule has 3 N–H and O–H groups in total. The van der Waals surface area contributed by atoms with Crippen LogP contribution in [0.1, 0.15) is 34.5 Å². The minimum absolute atomic E-state index is 0.0912. The Bertz CT molecular complexity index is 628. The molecule has 2 aromatic rings. The minimum Gasteiger partial charge on any atom is -0.346 e. The molecule has 0 bridgehead atoms. The van der Waals surface area contributed by atoms with Gasteiger partial charge in [-0.15, -0.1) is 0 Å². The van der Waals surface area contributed by atoms with Crippen LogP contribution in [-0.4, -0.2) is 12.5 Å². The Morgan fingerprint density at radius 2 is 2.00 bits per heavy atom. The van der Waals surface area contributed by atoms with Crippen molar-refractivity contribution in [3.05, 3.63) is 70.2 Å². The van der Waals surface area contributed by atoms with Crippen molar-refractivity contribution in [1.29, 1.82) is 0 Å². The van der Waals surface area contributed by atoms with Crippen LogP contribution in [0.3, 0.4) is 0 Å². The maximum Gasteiger partial charge on any atom is 0.252 e. The van der Waals surface area contributed by atoms with Gasteiger partial charge in [-0.2, -0.15) is 0 Å². The van der Waals surface area contributed by atoms with Crippen molar-refractivity contribution < 1.29 is 4.79 Å². The first kappa shape index (κ1) is 15.5. The largest absolute Gasteiger partial charge is 0.346 e. The van der Waals surface area contributed by atoms with E-state index in [-0.39, 0.29) is 11.9 Å². The van der Waals surface area contributed by atoms with Gasteiger partial charge in [0.15, 0.2) is 0 Å². The number of hydrogen-bond donors (Lipinski definition) is 2. The highest BCUT2D eigenvalue weighted by Gasteiger charge is 2.14. The summed E-state index contributed by atoms with van der Waals surface area (Å²) in [6.07, 6.45) is 0.690. The molecule has 2 rings (SSSR count). The molecule has 0 unspecified atom stereocenters. The van der Waals surface area contributed by atoms with Gasteiger partial charge in [-0.05, 0) is 49.2 Å². The molecular weight excluding hydrogens is 284 g/mol. The van der Waals surface area contributed by atoms with Gasteiger partial charge in [-0.3, -0.25) is 4.79 Å². The highest BCUT2D eigenvalue weighted by atomic mass is 35.5. The zero-order valence-corrected chi connectivity index (χ0v) is 12.7. The third kappa shape index (κ3) is 4.06. The Morgan fingerprint density at radius 1 is 1.24 bits per heavy atom. The van der Waals surface area contributed by atoms with E-state index in [4.69, 9.17) is 17.3 Å². The van der Waals surface area contributed by atoms with Crippen LogP contribution < -0.4 is 11.1 Å². The predicted molar refractivity (Wildman–Crippen MR) is 86.5 cm³/mol. The van der Waals surface area contributed by atoms with Crippen LogP contribution in [0.2, 0.25) is 5.02 Å². The molecule has 1 atom stereocenters. The number of benzene rings is 2. The molecule has 4 heteroatoms. The Balaban J connectivity index is 2.14. The third-order valence-electron chi connectivity index (χ3n) is 3.37. The van der Waals surface area contributed by atoms with E-state index in [1.54, 1.807) is 0 Å². The topological polar surface area (TPSA) is 55.1 Å². The number of hydrogen-bond acceptors (Lipinski definition) is 2. The summed E-state index contributed by atoms with van der Waals surface area (Å²) < 4.78 is 0. The number of nitrogens with two attached hydrogens (primary N) is 1. The summed E-state index contributed by atoms with van der Waals surface area (Å²) in [7, 11) is 0. The lowest BCUT2D eigenvalue weighted by Gasteiger charge is -2.16. The maximum atomic E-state index is 12.4. The number of amides is 1. The number of nitrogens with one attached hydrogen (secondary N) is 1. The van der Waals surface area contributed by atoms with Crippen LogP contribution in [0.25, 0.3) is 0 Å². The predicted octanol–water partition coefficient (Wildman–Crippen LogP) is 3.33. The number of carbonyl (C=O) groups is 1. The van der Waals surface area contributed by atoms with E-state index in [0.717, 1.165) is 11.1 Å². The summed E-state index contributed by atoms with van der Waals surface area (Å²) >= 11 is 5.98. The van der Waals surface area contributed by atoms with Gasteiger partial charge in [0.1, 0.15) is 0 Å². The lowest BCUT2D eigenvalue weighted by Crippen LogP contribution is -2.27. The molecule has 0 aliphatic heterocycles. The van der Waals surface area contributed by atoms with E-state index >= 15 is 0 Å². The van der Waals surface area contributed by atoms with Crippen LogP contribution in [0, 0.1) is 0 Å². The highest BCUT2D eigenvalue weighted by Crippen LogP contribution is 2.18. The molecule has 0 aromatic heterocycles. The molecule has 0 heterocycles. The van der Waals surface area contributed by atoms with E-state index in [9.17, 15) is 4.79 Å². The first-order valence-electron chi connectivity index (χ1n) is 6.96. The zero-order chi connectivity index (χ0) is 15.2. The molecule has 0 aliphatic carbocycles. The van der Waals surface area contributed by atoms with Gasteiger partial charge >= 0.3 is 0 Å². The normalized spacial score (nSPS) is 12.0. The van der Waals surface area contributed by atoms with Crippen LogP contribution in [0.5, 0.6) is 0 Å². The first-order chi connectivity index (χ1) is 10.1. The van der Waals surface area contributed by atoms with Gasteiger partial charge in [-0.25, -0.2) is 0 Å². The third-order valence-corrected chi connectivity index (χ3v) is 3.61. The van der Waals surface area contributed by atoms with Gasteiger partial charge in [0.05, 0.1) is 6.04 Å². The molecule has 2 aromatic carbocycles. The Morgan fingerprint density at radius 3 is 2.71 bits per heavy atom. The Labute approximate surface area is 130 Å². The van der Waals surface area contributed by atoms with Crippen LogP contribution in [-0.2, 0) is 6.42 Å². The summed E-state index contributed by atoms with van der Waals surface area (Å²) in [5, 5.41) is 3.66. The van der Waals surface area contributed by atoms with Crippen LogP contribution in [0.4, 0.5) is 0 Å². The fraction of sp³-hybridized carbons (Fsp3) is 0.235. The number of carbonyl (C=O) groups excluding carboxylic acids is 1. The molecule has 1 amide bonds. The lowest BCUT2D eigenvalue weighted by molar-refractivity contribution is 0.0939.